The van der Waals surface area contributed by atoms with Crippen LogP contribution in [0.2, 0.25) is 0 Å². The molecule has 302 valence electrons. The molecule has 10 rings (SSSR count). The van der Waals surface area contributed by atoms with E-state index in [0.29, 0.717) is 17.7 Å². The smallest absolute Gasteiger partial charge is 0.336 e. The zero-order valence-corrected chi connectivity index (χ0v) is 33.1. The summed E-state index contributed by atoms with van der Waals surface area (Å²) in [7, 11) is 0. The van der Waals surface area contributed by atoms with E-state index >= 15 is 0 Å². The van der Waals surface area contributed by atoms with Crippen LogP contribution in [0.3, 0.4) is 0 Å². The third kappa shape index (κ3) is 6.56. The number of amides is 1. The number of ether oxygens (including phenoxy) is 1. The second kappa shape index (κ2) is 15.1. The van der Waals surface area contributed by atoms with E-state index in [-0.39, 0.29) is 34.7 Å². The van der Waals surface area contributed by atoms with Gasteiger partial charge in [-0.05, 0) is 122 Å². The number of carboxylic acid groups (broad SMARTS) is 2. The van der Waals surface area contributed by atoms with Gasteiger partial charge in [0.05, 0.1) is 22.4 Å². The van der Waals surface area contributed by atoms with Crippen LogP contribution in [-0.4, -0.2) is 65.9 Å². The van der Waals surface area contributed by atoms with Gasteiger partial charge in [-0.2, -0.15) is 5.11 Å². The molecule has 12 heteroatoms. The van der Waals surface area contributed by atoms with Crippen LogP contribution in [0.15, 0.2) is 83.0 Å². The normalized spacial score (nSPS) is 16.0. The third-order valence-electron chi connectivity index (χ3n) is 12.6. The molecule has 5 aromatic carbocycles. The molecular formula is C48H44N5O7+. The Bertz CT molecular complexity index is 2820. The summed E-state index contributed by atoms with van der Waals surface area (Å²) in [6.07, 6.45) is 8.35. The predicted molar refractivity (Wildman–Crippen MR) is 225 cm³/mol. The van der Waals surface area contributed by atoms with E-state index in [0.717, 1.165) is 111 Å². The SMILES string of the molecule is O=C(O)c1ccc(N=Nc2ccc(CCNC(=O)c3ccc(C4=c5cc6c7c(c5Oc5c4cc4c8c5CCCN8CCC4)CCC[N+]=7CCC6)c(C(=O)O)c3)cc2O)cc1. The number of benzene rings is 5. The summed E-state index contributed by atoms with van der Waals surface area (Å²) in [6, 6.07) is 20.4. The van der Waals surface area contributed by atoms with Crippen molar-refractivity contribution in [1.29, 1.82) is 0 Å². The number of rotatable bonds is 9. The Kier molecular flexibility index (Phi) is 9.42. The molecule has 5 aliphatic heterocycles. The van der Waals surface area contributed by atoms with Crippen molar-refractivity contribution >= 4 is 40.5 Å². The Balaban J connectivity index is 0.966. The van der Waals surface area contributed by atoms with Crippen LogP contribution < -0.4 is 30.1 Å². The molecule has 0 unspecified atom stereocenters. The fourth-order valence-electron chi connectivity index (χ4n) is 9.90. The van der Waals surface area contributed by atoms with Crippen molar-refractivity contribution in [2.45, 2.75) is 57.8 Å². The number of nitrogens with zero attached hydrogens (tertiary/aromatic N) is 4. The standard InChI is InChI=1S/C48H43N5O7/c54-40-23-27(9-16-39(40)51-50-32-13-10-28(11-14-32)47(56)57)17-18-49-46(55)31-12-15-33(36(26-31)48(58)59)41-37-24-29-5-1-19-52-21-3-7-34(42(29)52)44(37)60-45-35-8-4-22-53-20-2-6-30(43(35)53)25-38(41)45/h9-16,23-26H,1-8,17-22H2,(H3-,49,50,54,55,56,57,58,59)/p+1. The van der Waals surface area contributed by atoms with Crippen LogP contribution in [0.4, 0.5) is 17.1 Å². The molecule has 0 atom stereocenters. The van der Waals surface area contributed by atoms with Crippen LogP contribution in [-0.2, 0) is 32.1 Å². The number of hydrogen-bond acceptors (Lipinski definition) is 8. The van der Waals surface area contributed by atoms with Crippen molar-refractivity contribution in [3.05, 3.63) is 139 Å². The Hall–Kier alpha value is -6.82. The number of hydrogen-bond donors (Lipinski definition) is 4. The first kappa shape index (κ1) is 37.5. The molecule has 0 fully saturated rings. The average Bonchev–Trinajstić information content (AvgIpc) is 3.26. The van der Waals surface area contributed by atoms with Gasteiger partial charge in [0.25, 0.3) is 5.91 Å². The first-order chi connectivity index (χ1) is 29.2. The number of azo groups is 1. The monoisotopic (exact) mass is 802 g/mol. The van der Waals surface area contributed by atoms with Gasteiger partial charge in [-0.25, -0.2) is 14.2 Å². The molecule has 1 amide bonds. The third-order valence-corrected chi connectivity index (χ3v) is 12.6. The quantitative estimate of drug-likeness (QED) is 0.0938. The maximum absolute atomic E-state index is 13.6. The fraction of sp³-hybridized carbons (Fsp3) is 0.292. The van der Waals surface area contributed by atoms with E-state index in [2.05, 4.69) is 37.2 Å². The minimum atomic E-state index is -1.11. The number of aromatic carboxylic acids is 2. The minimum Gasteiger partial charge on any atom is -0.506 e. The molecule has 0 aliphatic carbocycles. The lowest BCUT2D eigenvalue weighted by molar-refractivity contribution is 0.0685. The summed E-state index contributed by atoms with van der Waals surface area (Å²) in [6.45, 7) is 4.37. The fourth-order valence-corrected chi connectivity index (χ4v) is 9.90. The van der Waals surface area contributed by atoms with Gasteiger partial charge < -0.3 is 30.3 Å². The van der Waals surface area contributed by atoms with Gasteiger partial charge in [0, 0.05) is 71.2 Å². The van der Waals surface area contributed by atoms with Gasteiger partial charge in [0.15, 0.2) is 0 Å². The van der Waals surface area contributed by atoms with Gasteiger partial charge in [-0.1, -0.05) is 12.1 Å². The summed E-state index contributed by atoms with van der Waals surface area (Å²) in [5, 5.41) is 43.9. The van der Waals surface area contributed by atoms with Crippen molar-refractivity contribution in [2.75, 3.05) is 37.6 Å². The number of aromatic hydroxyl groups is 1. The lowest BCUT2D eigenvalue weighted by Gasteiger charge is -2.39. The summed E-state index contributed by atoms with van der Waals surface area (Å²) < 4.78 is 9.64. The van der Waals surface area contributed by atoms with E-state index in [1.54, 1.807) is 30.3 Å². The highest BCUT2D eigenvalue weighted by molar-refractivity contribution is 6.03. The van der Waals surface area contributed by atoms with Gasteiger partial charge in [0.1, 0.15) is 36.0 Å². The number of anilines is 1. The van der Waals surface area contributed by atoms with Crippen molar-refractivity contribution in [2.24, 2.45) is 10.2 Å². The lowest BCUT2D eigenvalue weighted by Crippen LogP contribution is -2.45. The number of phenols is 1. The zero-order chi connectivity index (χ0) is 41.1. The van der Waals surface area contributed by atoms with Crippen LogP contribution in [0.25, 0.3) is 5.57 Å². The molecule has 5 aromatic rings. The van der Waals surface area contributed by atoms with Crippen LogP contribution >= 0.6 is 0 Å². The molecule has 12 nitrogen and oxygen atoms in total. The minimum absolute atomic E-state index is 0.0601. The van der Waals surface area contributed by atoms with Crippen molar-refractivity contribution in [3.63, 3.8) is 0 Å². The second-order valence-corrected chi connectivity index (χ2v) is 16.3. The molecule has 5 heterocycles. The Morgan fingerprint density at radius 1 is 0.733 bits per heavy atom. The van der Waals surface area contributed by atoms with Crippen LogP contribution in [0, 0.1) is 0 Å². The van der Waals surface area contributed by atoms with Crippen molar-refractivity contribution < 1.29 is 34.4 Å². The summed E-state index contributed by atoms with van der Waals surface area (Å²) in [4.78, 5) is 40.5. The van der Waals surface area contributed by atoms with Gasteiger partial charge >= 0.3 is 11.9 Å². The lowest BCUT2D eigenvalue weighted by atomic mass is 9.81. The summed E-state index contributed by atoms with van der Waals surface area (Å²) in [5.41, 5.74) is 10.5. The Morgan fingerprint density at radius 3 is 2.27 bits per heavy atom. The van der Waals surface area contributed by atoms with Gasteiger partial charge in [-0.3, -0.25) is 4.79 Å². The van der Waals surface area contributed by atoms with E-state index in [9.17, 15) is 24.6 Å². The number of carboxylic acids is 2. The molecule has 0 bridgehead atoms. The predicted octanol–water partition coefficient (Wildman–Crippen LogP) is 6.61. The number of fused-ring (bicyclic) bond motifs is 4. The Morgan fingerprint density at radius 2 is 1.48 bits per heavy atom. The summed E-state index contributed by atoms with van der Waals surface area (Å²) >= 11 is 0. The number of nitrogens with one attached hydrogen (secondary N) is 1. The number of aryl methyl sites for hydroxylation is 2. The van der Waals surface area contributed by atoms with Crippen LogP contribution in [0.1, 0.15) is 95.7 Å². The highest BCUT2D eigenvalue weighted by atomic mass is 16.5. The van der Waals surface area contributed by atoms with Crippen molar-refractivity contribution in [1.82, 2.24) is 9.89 Å². The zero-order valence-electron chi connectivity index (χ0n) is 33.1. The molecule has 0 saturated heterocycles. The largest absolute Gasteiger partial charge is 0.506 e. The molecule has 4 N–H and O–H groups in total. The van der Waals surface area contributed by atoms with E-state index in [1.807, 2.05) is 0 Å². The second-order valence-electron chi connectivity index (χ2n) is 16.3. The van der Waals surface area contributed by atoms with E-state index in [4.69, 9.17) is 9.84 Å². The molecular weight excluding hydrogens is 759 g/mol. The first-order valence-corrected chi connectivity index (χ1v) is 20.9. The van der Waals surface area contributed by atoms with Crippen LogP contribution in [0.5, 0.6) is 17.2 Å². The molecule has 0 aromatic heterocycles. The van der Waals surface area contributed by atoms with Crippen molar-refractivity contribution in [3.8, 4) is 17.2 Å². The Labute approximate surface area is 345 Å². The highest BCUT2D eigenvalue weighted by Gasteiger charge is 2.36. The molecule has 60 heavy (non-hydrogen) atoms. The van der Waals surface area contributed by atoms with E-state index < -0.39 is 17.8 Å². The average molecular weight is 803 g/mol. The maximum atomic E-state index is 13.6. The highest BCUT2D eigenvalue weighted by Crippen LogP contribution is 2.49. The van der Waals surface area contributed by atoms with Gasteiger partial charge in [-0.15, -0.1) is 5.11 Å². The van der Waals surface area contributed by atoms with E-state index in [1.165, 1.54) is 63.6 Å². The van der Waals surface area contributed by atoms with Gasteiger partial charge in [0.2, 0.25) is 5.36 Å². The number of phenolic OH excluding ortho intramolecular Hbond substituents is 1. The number of carbonyl (C=O) groups is 3. The first-order valence-electron chi connectivity index (χ1n) is 20.9. The molecule has 0 saturated carbocycles. The topological polar surface area (TPSA) is 164 Å². The molecule has 0 spiro atoms. The summed E-state index contributed by atoms with van der Waals surface area (Å²) in [5.74, 6) is -0.946. The maximum Gasteiger partial charge on any atom is 0.336 e. The number of carbonyl (C=O) groups excluding carboxylic acids is 1. The molecule has 0 radical (unpaired) electrons. The molecule has 5 aliphatic rings.